The summed E-state index contributed by atoms with van der Waals surface area (Å²) in [7, 11) is 0. The Hall–Kier alpha value is -0.290. The molecule has 2 nitrogen and oxygen atoms in total. The molecule has 0 heterocycles. The van der Waals surface area contributed by atoms with E-state index in [0.29, 0.717) is 19.4 Å². The molecule has 1 aliphatic carbocycles. The van der Waals surface area contributed by atoms with Gasteiger partial charge in [0, 0.05) is 13.0 Å². The van der Waals surface area contributed by atoms with Gasteiger partial charge >= 0.3 is 6.18 Å². The number of aliphatic hydroxyl groups is 1. The molecule has 1 fully saturated rings. The zero-order chi connectivity index (χ0) is 14.7. The van der Waals surface area contributed by atoms with E-state index in [1.54, 1.807) is 0 Å². The third-order valence-corrected chi connectivity index (χ3v) is 4.19. The van der Waals surface area contributed by atoms with Crippen molar-refractivity contribution in [2.75, 3.05) is 6.61 Å². The van der Waals surface area contributed by atoms with Gasteiger partial charge in [-0.15, -0.1) is 0 Å². The van der Waals surface area contributed by atoms with Crippen LogP contribution in [0.2, 0.25) is 0 Å². The quantitative estimate of drug-likeness (QED) is 0.823. The minimum absolute atomic E-state index is 0.185. The van der Waals surface area contributed by atoms with Crippen LogP contribution in [0.15, 0.2) is 0 Å². The van der Waals surface area contributed by atoms with E-state index in [4.69, 9.17) is 4.74 Å². The number of halogens is 3. The maximum absolute atomic E-state index is 12.3. The number of aliphatic hydroxyl groups excluding tert-OH is 1. The van der Waals surface area contributed by atoms with E-state index < -0.39 is 24.3 Å². The highest BCUT2D eigenvalue weighted by atomic mass is 19.4. The van der Waals surface area contributed by atoms with Crippen LogP contribution in [0.5, 0.6) is 0 Å². The highest BCUT2D eigenvalue weighted by molar-refractivity contribution is 4.95. The lowest BCUT2D eigenvalue weighted by molar-refractivity contribution is -0.174. The molecule has 0 spiro atoms. The van der Waals surface area contributed by atoms with Crippen molar-refractivity contribution in [1.29, 1.82) is 0 Å². The van der Waals surface area contributed by atoms with Crippen molar-refractivity contribution in [3.63, 3.8) is 0 Å². The first kappa shape index (κ1) is 16.8. The predicted octanol–water partition coefficient (Wildman–Crippen LogP) is 4.07. The second-order valence-corrected chi connectivity index (χ2v) is 6.33. The summed E-state index contributed by atoms with van der Waals surface area (Å²) in [6, 6.07) is 0. The standard InChI is InChI=1S/C14H25F3O2/c1-4-19-13(9-7-12(2,3)8-10-13)11(18)5-6-14(15,16)17/h11,18H,4-10H2,1-3H3. The second-order valence-electron chi connectivity index (χ2n) is 6.33. The average molecular weight is 282 g/mol. The summed E-state index contributed by atoms with van der Waals surface area (Å²) in [5, 5.41) is 10.2. The Bertz CT molecular complexity index is 277. The summed E-state index contributed by atoms with van der Waals surface area (Å²) in [4.78, 5) is 0. The SMILES string of the molecule is CCOC1(C(O)CCC(F)(F)F)CCC(C)(C)CC1. The maximum Gasteiger partial charge on any atom is 0.389 e. The van der Waals surface area contributed by atoms with Crippen molar-refractivity contribution >= 4 is 0 Å². The molecular formula is C14H25F3O2. The molecular weight excluding hydrogens is 257 g/mol. The Morgan fingerprint density at radius 3 is 2.11 bits per heavy atom. The number of alkyl halides is 3. The summed E-state index contributed by atoms with van der Waals surface area (Å²) < 4.78 is 42.5. The first-order valence-corrected chi connectivity index (χ1v) is 6.99. The minimum Gasteiger partial charge on any atom is -0.390 e. The molecule has 1 saturated carbocycles. The maximum atomic E-state index is 12.3. The van der Waals surface area contributed by atoms with Gasteiger partial charge in [-0.3, -0.25) is 0 Å². The van der Waals surface area contributed by atoms with Crippen LogP contribution in [0.4, 0.5) is 13.2 Å². The van der Waals surface area contributed by atoms with Gasteiger partial charge in [0.1, 0.15) is 0 Å². The van der Waals surface area contributed by atoms with E-state index in [2.05, 4.69) is 13.8 Å². The van der Waals surface area contributed by atoms with Gasteiger partial charge in [0.05, 0.1) is 11.7 Å². The van der Waals surface area contributed by atoms with Gasteiger partial charge in [0.25, 0.3) is 0 Å². The van der Waals surface area contributed by atoms with Crippen LogP contribution in [0.1, 0.15) is 59.3 Å². The van der Waals surface area contributed by atoms with Crippen molar-refractivity contribution in [3.8, 4) is 0 Å². The fourth-order valence-corrected chi connectivity index (χ4v) is 2.77. The summed E-state index contributed by atoms with van der Waals surface area (Å²) in [6.45, 7) is 6.53. The molecule has 0 aromatic carbocycles. The molecule has 114 valence electrons. The Balaban J connectivity index is 2.66. The molecule has 0 bridgehead atoms. The van der Waals surface area contributed by atoms with Gasteiger partial charge in [-0.2, -0.15) is 13.2 Å². The number of rotatable bonds is 5. The smallest absolute Gasteiger partial charge is 0.389 e. The van der Waals surface area contributed by atoms with Crippen LogP contribution >= 0.6 is 0 Å². The topological polar surface area (TPSA) is 29.5 Å². The van der Waals surface area contributed by atoms with E-state index in [9.17, 15) is 18.3 Å². The van der Waals surface area contributed by atoms with E-state index >= 15 is 0 Å². The van der Waals surface area contributed by atoms with Crippen molar-refractivity contribution in [3.05, 3.63) is 0 Å². The van der Waals surface area contributed by atoms with Crippen LogP contribution in [0.3, 0.4) is 0 Å². The van der Waals surface area contributed by atoms with Crippen molar-refractivity contribution in [2.45, 2.75) is 77.2 Å². The normalized spacial score (nSPS) is 24.2. The fraction of sp³-hybridized carbons (Fsp3) is 1.00. The Kier molecular flexibility index (Phi) is 5.29. The predicted molar refractivity (Wildman–Crippen MR) is 67.9 cm³/mol. The molecule has 0 aromatic heterocycles. The van der Waals surface area contributed by atoms with Crippen LogP contribution in [0, 0.1) is 5.41 Å². The van der Waals surface area contributed by atoms with E-state index in [1.165, 1.54) is 0 Å². The lowest BCUT2D eigenvalue weighted by atomic mass is 9.68. The van der Waals surface area contributed by atoms with Crippen molar-refractivity contribution in [1.82, 2.24) is 0 Å². The average Bonchev–Trinajstić information content (AvgIpc) is 2.28. The highest BCUT2D eigenvalue weighted by Gasteiger charge is 2.45. The van der Waals surface area contributed by atoms with E-state index in [-0.39, 0.29) is 11.8 Å². The molecule has 1 atom stereocenters. The zero-order valence-corrected chi connectivity index (χ0v) is 12.0. The summed E-state index contributed by atoms with van der Waals surface area (Å²) in [5.74, 6) is 0. The number of hydrogen-bond donors (Lipinski definition) is 1. The molecule has 0 aliphatic heterocycles. The molecule has 1 unspecified atom stereocenters. The number of ether oxygens (including phenoxy) is 1. The number of hydrogen-bond acceptors (Lipinski definition) is 2. The molecule has 19 heavy (non-hydrogen) atoms. The summed E-state index contributed by atoms with van der Waals surface area (Å²) in [5.41, 5.74) is -0.597. The fourth-order valence-electron chi connectivity index (χ4n) is 2.77. The van der Waals surface area contributed by atoms with Gasteiger partial charge < -0.3 is 9.84 Å². The summed E-state index contributed by atoms with van der Waals surface area (Å²) >= 11 is 0. The molecule has 1 aliphatic rings. The van der Waals surface area contributed by atoms with Crippen LogP contribution < -0.4 is 0 Å². The Morgan fingerprint density at radius 2 is 1.68 bits per heavy atom. The highest BCUT2D eigenvalue weighted by Crippen LogP contribution is 2.44. The molecule has 1 N–H and O–H groups in total. The van der Waals surface area contributed by atoms with Crippen LogP contribution in [0.25, 0.3) is 0 Å². The third-order valence-electron chi connectivity index (χ3n) is 4.19. The van der Waals surface area contributed by atoms with Gasteiger partial charge in [0.15, 0.2) is 0 Å². The molecule has 1 rings (SSSR count). The lowest BCUT2D eigenvalue weighted by Gasteiger charge is -2.46. The monoisotopic (exact) mass is 282 g/mol. The van der Waals surface area contributed by atoms with Gasteiger partial charge in [-0.05, 0) is 44.4 Å². The van der Waals surface area contributed by atoms with Crippen molar-refractivity contribution < 1.29 is 23.0 Å². The largest absolute Gasteiger partial charge is 0.390 e. The van der Waals surface area contributed by atoms with E-state index in [1.807, 2.05) is 6.92 Å². The first-order chi connectivity index (χ1) is 8.60. The molecule has 0 amide bonds. The first-order valence-electron chi connectivity index (χ1n) is 6.99. The van der Waals surface area contributed by atoms with Gasteiger partial charge in [0.2, 0.25) is 0 Å². The van der Waals surface area contributed by atoms with Crippen LogP contribution in [-0.4, -0.2) is 29.6 Å². The molecule has 0 saturated heterocycles. The molecule has 5 heteroatoms. The molecule has 0 aromatic rings. The van der Waals surface area contributed by atoms with E-state index in [0.717, 1.165) is 12.8 Å². The minimum atomic E-state index is -4.22. The van der Waals surface area contributed by atoms with Gasteiger partial charge in [-0.1, -0.05) is 13.8 Å². The Labute approximate surface area is 113 Å². The Morgan fingerprint density at radius 1 is 1.16 bits per heavy atom. The summed E-state index contributed by atoms with van der Waals surface area (Å²) in [6.07, 6.45) is -3.48. The van der Waals surface area contributed by atoms with Crippen LogP contribution in [-0.2, 0) is 4.74 Å². The third kappa shape index (κ3) is 4.95. The second kappa shape index (κ2) is 6.00. The zero-order valence-electron chi connectivity index (χ0n) is 12.0. The lowest BCUT2D eigenvalue weighted by Crippen LogP contribution is -2.49. The van der Waals surface area contributed by atoms with Gasteiger partial charge in [-0.25, -0.2) is 0 Å². The molecule has 0 radical (unpaired) electrons. The van der Waals surface area contributed by atoms with Crippen molar-refractivity contribution in [2.24, 2.45) is 5.41 Å².